The van der Waals surface area contributed by atoms with Crippen LogP contribution in [0.25, 0.3) is 0 Å². The molecule has 1 aliphatic heterocycles. The Morgan fingerprint density at radius 3 is 2.45 bits per heavy atom. The molecule has 2 aromatic rings. The Bertz CT molecular complexity index is 583. The standard InChI is InChI=1S/C18H22N2/c1-14-5-2-3-8-18(14)20-11-9-15(10-12-20)16-6-4-7-17(19)13-16/h2-8,13,15H,9-12,19H2,1H3. The van der Waals surface area contributed by atoms with Crippen LogP contribution in [0.1, 0.15) is 29.9 Å². The fraction of sp³-hybridized carbons (Fsp3) is 0.333. The summed E-state index contributed by atoms with van der Waals surface area (Å²) in [6.07, 6.45) is 2.41. The number of aryl methyl sites for hydroxylation is 1. The van der Waals surface area contributed by atoms with Gasteiger partial charge in [-0.15, -0.1) is 0 Å². The van der Waals surface area contributed by atoms with Crippen molar-refractivity contribution in [2.45, 2.75) is 25.7 Å². The second-order valence-electron chi connectivity index (χ2n) is 5.72. The summed E-state index contributed by atoms with van der Waals surface area (Å²) in [6, 6.07) is 17.0. The zero-order valence-electron chi connectivity index (χ0n) is 12.0. The summed E-state index contributed by atoms with van der Waals surface area (Å²) in [5.41, 5.74) is 10.9. The smallest absolute Gasteiger partial charge is 0.0395 e. The molecule has 2 nitrogen and oxygen atoms in total. The van der Waals surface area contributed by atoms with Gasteiger partial charge in [-0.1, -0.05) is 30.3 Å². The van der Waals surface area contributed by atoms with E-state index in [0.29, 0.717) is 5.92 Å². The van der Waals surface area contributed by atoms with Crippen LogP contribution in [0, 0.1) is 6.92 Å². The summed E-state index contributed by atoms with van der Waals surface area (Å²) in [6.45, 7) is 4.45. The number of nitrogens with zero attached hydrogens (tertiary/aromatic N) is 1. The van der Waals surface area contributed by atoms with Crippen LogP contribution >= 0.6 is 0 Å². The van der Waals surface area contributed by atoms with Crippen LogP contribution in [0.3, 0.4) is 0 Å². The van der Waals surface area contributed by atoms with E-state index in [-0.39, 0.29) is 0 Å². The summed E-state index contributed by atoms with van der Waals surface area (Å²) < 4.78 is 0. The Kier molecular flexibility index (Phi) is 3.64. The van der Waals surface area contributed by atoms with Crippen molar-refractivity contribution in [1.29, 1.82) is 0 Å². The second kappa shape index (κ2) is 5.58. The number of nitrogen functional groups attached to an aromatic ring is 1. The highest BCUT2D eigenvalue weighted by atomic mass is 15.1. The normalized spacial score (nSPS) is 16.4. The molecule has 0 amide bonds. The van der Waals surface area contributed by atoms with Gasteiger partial charge in [-0.3, -0.25) is 0 Å². The molecule has 0 aliphatic carbocycles. The quantitative estimate of drug-likeness (QED) is 0.834. The van der Waals surface area contributed by atoms with Crippen LogP contribution in [0.4, 0.5) is 11.4 Å². The van der Waals surface area contributed by atoms with Crippen LogP contribution in [0.2, 0.25) is 0 Å². The molecular formula is C18H22N2. The molecule has 1 fully saturated rings. The first-order valence-electron chi connectivity index (χ1n) is 7.40. The van der Waals surface area contributed by atoms with Gasteiger partial charge in [0.2, 0.25) is 0 Å². The van der Waals surface area contributed by atoms with Gasteiger partial charge >= 0.3 is 0 Å². The number of hydrogen-bond donors (Lipinski definition) is 1. The maximum Gasteiger partial charge on any atom is 0.0395 e. The molecule has 3 rings (SSSR count). The lowest BCUT2D eigenvalue weighted by Gasteiger charge is -2.34. The van der Waals surface area contributed by atoms with E-state index < -0.39 is 0 Å². The molecular weight excluding hydrogens is 244 g/mol. The van der Waals surface area contributed by atoms with Crippen molar-refractivity contribution in [3.63, 3.8) is 0 Å². The first kappa shape index (κ1) is 13.0. The molecule has 20 heavy (non-hydrogen) atoms. The van der Waals surface area contributed by atoms with Gasteiger partial charge < -0.3 is 10.6 Å². The number of rotatable bonds is 2. The molecule has 0 unspecified atom stereocenters. The summed E-state index contributed by atoms with van der Waals surface area (Å²) in [5, 5.41) is 0. The van der Waals surface area contributed by atoms with Crippen LogP contribution in [0.5, 0.6) is 0 Å². The van der Waals surface area contributed by atoms with Gasteiger partial charge in [0, 0.05) is 24.5 Å². The van der Waals surface area contributed by atoms with Crippen LogP contribution in [0.15, 0.2) is 48.5 Å². The topological polar surface area (TPSA) is 29.3 Å². The monoisotopic (exact) mass is 266 g/mol. The summed E-state index contributed by atoms with van der Waals surface area (Å²) in [7, 11) is 0. The van der Waals surface area contributed by atoms with E-state index in [9.17, 15) is 0 Å². The van der Waals surface area contributed by atoms with Crippen molar-refractivity contribution in [2.24, 2.45) is 0 Å². The first-order valence-corrected chi connectivity index (χ1v) is 7.40. The number of benzene rings is 2. The largest absolute Gasteiger partial charge is 0.399 e. The van der Waals surface area contributed by atoms with Crippen molar-refractivity contribution in [3.05, 3.63) is 59.7 Å². The minimum atomic E-state index is 0.652. The molecule has 0 radical (unpaired) electrons. The van der Waals surface area contributed by atoms with E-state index in [0.717, 1.165) is 18.8 Å². The minimum Gasteiger partial charge on any atom is -0.399 e. The average Bonchev–Trinajstić information content (AvgIpc) is 2.48. The maximum absolute atomic E-state index is 5.89. The molecule has 2 aromatic carbocycles. The van der Waals surface area contributed by atoms with E-state index >= 15 is 0 Å². The molecule has 0 saturated carbocycles. The SMILES string of the molecule is Cc1ccccc1N1CCC(c2cccc(N)c2)CC1. The Morgan fingerprint density at radius 2 is 1.75 bits per heavy atom. The van der Waals surface area contributed by atoms with Crippen molar-refractivity contribution < 1.29 is 0 Å². The van der Waals surface area contributed by atoms with Crippen LogP contribution < -0.4 is 10.6 Å². The zero-order valence-corrected chi connectivity index (χ0v) is 12.0. The van der Waals surface area contributed by atoms with Gasteiger partial charge in [-0.05, 0) is 55.0 Å². The lowest BCUT2D eigenvalue weighted by Crippen LogP contribution is -2.33. The predicted octanol–water partition coefficient (Wildman–Crippen LogP) is 3.96. The Labute approximate surface area is 121 Å². The van der Waals surface area contributed by atoms with E-state index in [1.54, 1.807) is 0 Å². The Balaban J connectivity index is 1.70. The minimum absolute atomic E-state index is 0.652. The number of para-hydroxylation sites is 1. The zero-order chi connectivity index (χ0) is 13.9. The highest BCUT2D eigenvalue weighted by Crippen LogP contribution is 2.32. The lowest BCUT2D eigenvalue weighted by molar-refractivity contribution is 0.505. The number of piperidine rings is 1. The third-order valence-electron chi connectivity index (χ3n) is 4.33. The van der Waals surface area contributed by atoms with Gasteiger partial charge in [0.05, 0.1) is 0 Å². The Morgan fingerprint density at radius 1 is 1.00 bits per heavy atom. The van der Waals surface area contributed by atoms with Crippen molar-refractivity contribution in [1.82, 2.24) is 0 Å². The summed E-state index contributed by atoms with van der Waals surface area (Å²) in [4.78, 5) is 2.51. The van der Waals surface area contributed by atoms with Gasteiger partial charge in [-0.2, -0.15) is 0 Å². The third kappa shape index (κ3) is 2.64. The van der Waals surface area contributed by atoms with E-state index in [2.05, 4.69) is 54.3 Å². The van der Waals surface area contributed by atoms with Gasteiger partial charge in [0.15, 0.2) is 0 Å². The van der Waals surface area contributed by atoms with Crippen molar-refractivity contribution >= 4 is 11.4 Å². The highest BCUT2D eigenvalue weighted by Gasteiger charge is 2.21. The number of anilines is 2. The van der Waals surface area contributed by atoms with Gasteiger partial charge in [0.25, 0.3) is 0 Å². The molecule has 0 aromatic heterocycles. The summed E-state index contributed by atoms with van der Waals surface area (Å²) >= 11 is 0. The van der Waals surface area contributed by atoms with Crippen LogP contribution in [-0.4, -0.2) is 13.1 Å². The van der Waals surface area contributed by atoms with E-state index in [4.69, 9.17) is 5.73 Å². The van der Waals surface area contributed by atoms with Gasteiger partial charge in [-0.25, -0.2) is 0 Å². The molecule has 2 heteroatoms. The van der Waals surface area contributed by atoms with E-state index in [1.807, 2.05) is 6.07 Å². The predicted molar refractivity (Wildman–Crippen MR) is 86.2 cm³/mol. The lowest BCUT2D eigenvalue weighted by atomic mass is 9.89. The third-order valence-corrected chi connectivity index (χ3v) is 4.33. The molecule has 0 atom stereocenters. The molecule has 2 N–H and O–H groups in total. The molecule has 0 spiro atoms. The molecule has 1 aliphatic rings. The van der Waals surface area contributed by atoms with Crippen molar-refractivity contribution in [3.8, 4) is 0 Å². The molecule has 1 saturated heterocycles. The fourth-order valence-electron chi connectivity index (χ4n) is 3.18. The number of nitrogens with two attached hydrogens (primary N) is 1. The second-order valence-corrected chi connectivity index (χ2v) is 5.72. The highest BCUT2D eigenvalue weighted by molar-refractivity contribution is 5.53. The maximum atomic E-state index is 5.89. The van der Waals surface area contributed by atoms with Crippen LogP contribution in [-0.2, 0) is 0 Å². The van der Waals surface area contributed by atoms with Gasteiger partial charge in [0.1, 0.15) is 0 Å². The fourth-order valence-corrected chi connectivity index (χ4v) is 3.18. The average molecular weight is 266 g/mol. The first-order chi connectivity index (χ1) is 9.74. The van der Waals surface area contributed by atoms with Crippen molar-refractivity contribution in [2.75, 3.05) is 23.7 Å². The molecule has 0 bridgehead atoms. The van der Waals surface area contributed by atoms with E-state index in [1.165, 1.54) is 29.7 Å². The number of hydrogen-bond acceptors (Lipinski definition) is 2. The Hall–Kier alpha value is -1.96. The molecule has 1 heterocycles. The summed E-state index contributed by atoms with van der Waals surface area (Å²) in [5.74, 6) is 0.652. The molecule has 104 valence electrons.